The van der Waals surface area contributed by atoms with Crippen LogP contribution in [-0.4, -0.2) is 53.6 Å². The highest BCUT2D eigenvalue weighted by atomic mass is 19.1. The third-order valence-electron chi connectivity index (χ3n) is 6.04. The number of ether oxygens (including phenoxy) is 3. The maximum absolute atomic E-state index is 15.0. The van der Waals surface area contributed by atoms with E-state index in [9.17, 15) is 13.6 Å². The highest BCUT2D eigenvalue weighted by Crippen LogP contribution is 2.48. The largest absolute Gasteiger partial charge is 0.459 e. The fourth-order valence-electron chi connectivity index (χ4n) is 4.35. The molecule has 1 aromatic carbocycles. The van der Waals surface area contributed by atoms with Crippen molar-refractivity contribution >= 4 is 11.8 Å². The average Bonchev–Trinajstić information content (AvgIpc) is 3.10. The Hall–Kier alpha value is -3.21. The fourth-order valence-corrected chi connectivity index (χ4v) is 4.35. The Bertz CT molecular complexity index is 1080. The number of nitrogens with two attached hydrogens (primary N) is 1. The third kappa shape index (κ3) is 4.12. The van der Waals surface area contributed by atoms with Crippen molar-refractivity contribution in [2.75, 3.05) is 20.1 Å². The van der Waals surface area contributed by atoms with Gasteiger partial charge in [-0.05, 0) is 31.5 Å². The lowest BCUT2D eigenvalue weighted by molar-refractivity contribution is -0.0344. The summed E-state index contributed by atoms with van der Waals surface area (Å²) in [5.41, 5.74) is 3.84. The van der Waals surface area contributed by atoms with E-state index in [0.29, 0.717) is 5.56 Å². The molecule has 2 N–H and O–H groups in total. The van der Waals surface area contributed by atoms with Crippen molar-refractivity contribution in [1.29, 1.82) is 0 Å². The SMILES string of the molecule is CC1(C)OC[C@H]2[C@@H]1OC(N)=N[C@]2(CF)c1cc(CC(=O)c2cnc(OCF)cn2)ccc1F. The van der Waals surface area contributed by atoms with Gasteiger partial charge in [0, 0.05) is 12.0 Å². The van der Waals surface area contributed by atoms with E-state index >= 15 is 4.39 Å². The summed E-state index contributed by atoms with van der Waals surface area (Å²) in [5.74, 6) is -1.79. The molecule has 0 unspecified atom stereocenters. The molecule has 1 saturated heterocycles. The number of ketones is 1. The van der Waals surface area contributed by atoms with Crippen molar-refractivity contribution in [3.63, 3.8) is 0 Å². The summed E-state index contributed by atoms with van der Waals surface area (Å²) < 4.78 is 57.9. The van der Waals surface area contributed by atoms with Crippen LogP contribution < -0.4 is 10.5 Å². The van der Waals surface area contributed by atoms with E-state index in [-0.39, 0.29) is 36.2 Å². The Labute approximate surface area is 188 Å². The number of benzene rings is 1. The molecule has 3 atom stereocenters. The van der Waals surface area contributed by atoms with Crippen LogP contribution in [0.1, 0.15) is 35.5 Å². The molecule has 3 heterocycles. The van der Waals surface area contributed by atoms with Crippen molar-refractivity contribution < 1.29 is 32.2 Å². The Morgan fingerprint density at radius 1 is 1.27 bits per heavy atom. The normalized spacial score (nSPS) is 25.7. The van der Waals surface area contributed by atoms with Gasteiger partial charge in [0.15, 0.2) is 5.78 Å². The quantitative estimate of drug-likeness (QED) is 0.628. The predicted octanol–water partition coefficient (Wildman–Crippen LogP) is 2.65. The smallest absolute Gasteiger partial charge is 0.283 e. The maximum Gasteiger partial charge on any atom is 0.283 e. The number of aliphatic imine (C=N–C) groups is 1. The Balaban J connectivity index is 1.66. The highest BCUT2D eigenvalue weighted by molar-refractivity contribution is 5.95. The number of aromatic nitrogens is 2. The van der Waals surface area contributed by atoms with Crippen LogP contribution in [0.5, 0.6) is 5.88 Å². The van der Waals surface area contributed by atoms with E-state index in [1.54, 1.807) is 13.8 Å². The number of rotatable bonds is 7. The molecule has 11 heteroatoms. The molecule has 33 heavy (non-hydrogen) atoms. The van der Waals surface area contributed by atoms with Crippen LogP contribution in [0.25, 0.3) is 0 Å². The molecule has 4 rings (SSSR count). The first-order valence-electron chi connectivity index (χ1n) is 10.2. The monoisotopic (exact) mass is 464 g/mol. The molecule has 0 aliphatic carbocycles. The molecule has 2 aliphatic heterocycles. The first-order valence-corrected chi connectivity index (χ1v) is 10.2. The lowest BCUT2D eigenvalue weighted by atomic mass is 9.73. The van der Waals surface area contributed by atoms with Crippen LogP contribution in [0.4, 0.5) is 13.2 Å². The summed E-state index contributed by atoms with van der Waals surface area (Å²) in [6, 6.07) is 3.75. The zero-order chi connectivity index (χ0) is 23.8. The number of hydrogen-bond acceptors (Lipinski definition) is 8. The van der Waals surface area contributed by atoms with Gasteiger partial charge in [-0.15, -0.1) is 0 Å². The molecule has 0 bridgehead atoms. The van der Waals surface area contributed by atoms with E-state index in [2.05, 4.69) is 19.7 Å². The Morgan fingerprint density at radius 2 is 2.06 bits per heavy atom. The lowest BCUT2D eigenvalue weighted by Crippen LogP contribution is -2.54. The minimum absolute atomic E-state index is 0.0200. The first kappa shape index (κ1) is 23.0. The summed E-state index contributed by atoms with van der Waals surface area (Å²) in [7, 11) is 0. The second kappa shape index (κ2) is 8.62. The molecular formula is C22H23F3N4O4. The molecule has 0 saturated carbocycles. The summed E-state index contributed by atoms with van der Waals surface area (Å²) >= 11 is 0. The average molecular weight is 464 g/mol. The van der Waals surface area contributed by atoms with Crippen molar-refractivity contribution in [2.45, 2.75) is 37.5 Å². The Kier molecular flexibility index (Phi) is 6.00. The number of halogens is 3. The molecule has 8 nitrogen and oxygen atoms in total. The van der Waals surface area contributed by atoms with Crippen molar-refractivity contribution in [1.82, 2.24) is 9.97 Å². The van der Waals surface area contributed by atoms with Gasteiger partial charge >= 0.3 is 0 Å². The summed E-state index contributed by atoms with van der Waals surface area (Å²) in [4.78, 5) is 24.6. The van der Waals surface area contributed by atoms with E-state index in [1.165, 1.54) is 12.1 Å². The van der Waals surface area contributed by atoms with Gasteiger partial charge < -0.3 is 19.9 Å². The van der Waals surface area contributed by atoms with Crippen molar-refractivity contribution in [3.05, 3.63) is 53.2 Å². The summed E-state index contributed by atoms with van der Waals surface area (Å²) in [5, 5.41) is 0. The van der Waals surface area contributed by atoms with Crippen LogP contribution in [-0.2, 0) is 21.4 Å². The van der Waals surface area contributed by atoms with Crippen LogP contribution in [0.2, 0.25) is 0 Å². The van der Waals surface area contributed by atoms with Crippen molar-refractivity contribution in [3.8, 4) is 5.88 Å². The summed E-state index contributed by atoms with van der Waals surface area (Å²) in [6.45, 7) is 1.57. The Morgan fingerprint density at radius 3 is 2.73 bits per heavy atom. The molecular weight excluding hydrogens is 441 g/mol. The van der Waals surface area contributed by atoms with Gasteiger partial charge in [-0.2, -0.15) is 0 Å². The van der Waals surface area contributed by atoms with Gasteiger partial charge in [-0.3, -0.25) is 4.79 Å². The zero-order valence-corrected chi connectivity index (χ0v) is 18.1. The molecule has 0 spiro atoms. The first-order chi connectivity index (χ1) is 15.7. The van der Waals surface area contributed by atoms with E-state index in [1.807, 2.05) is 0 Å². The standard InChI is InChI=1S/C22H23F3N4O4/c1-21(2)19-14(9-32-21)22(10-23,29-20(26)33-19)13-5-12(3-4-15(13)25)6-17(30)16-7-28-18(8-27-16)31-11-24/h3-5,7-8,14,19H,6,9-11H2,1-2H3,(H2,26,29)/t14-,19-,22+/m0/s1. The minimum Gasteiger partial charge on any atom is -0.459 e. The van der Waals surface area contributed by atoms with E-state index in [4.69, 9.17) is 15.2 Å². The zero-order valence-electron chi connectivity index (χ0n) is 18.1. The van der Waals surface area contributed by atoms with Crippen LogP contribution in [0.3, 0.4) is 0 Å². The molecule has 2 aliphatic rings. The third-order valence-corrected chi connectivity index (χ3v) is 6.04. The molecule has 1 aromatic heterocycles. The molecule has 2 aromatic rings. The highest BCUT2D eigenvalue weighted by Gasteiger charge is 2.59. The topological polar surface area (TPSA) is 109 Å². The van der Waals surface area contributed by atoms with E-state index in [0.717, 1.165) is 18.5 Å². The van der Waals surface area contributed by atoms with Gasteiger partial charge in [0.2, 0.25) is 12.7 Å². The van der Waals surface area contributed by atoms with Gasteiger partial charge in [0.25, 0.3) is 6.02 Å². The van der Waals surface area contributed by atoms with E-state index < -0.39 is 48.3 Å². The number of hydrogen-bond donors (Lipinski definition) is 1. The van der Waals surface area contributed by atoms with Crippen molar-refractivity contribution in [2.24, 2.45) is 16.6 Å². The number of Topliss-reactive ketones (excluding diaryl/α,β-unsaturated/α-hetero) is 1. The number of carbonyl (C=O) groups excluding carboxylic acids is 1. The van der Waals surface area contributed by atoms with Crippen LogP contribution >= 0.6 is 0 Å². The second-order valence-electron chi connectivity index (χ2n) is 8.47. The minimum atomic E-state index is -1.66. The molecule has 0 amide bonds. The number of nitrogens with zero attached hydrogens (tertiary/aromatic N) is 3. The number of fused-ring (bicyclic) bond motifs is 1. The second-order valence-corrected chi connectivity index (χ2v) is 8.47. The number of carbonyl (C=O) groups is 1. The lowest BCUT2D eigenvalue weighted by Gasteiger charge is -2.42. The molecule has 0 radical (unpaired) electrons. The van der Waals surface area contributed by atoms with Crippen LogP contribution in [0, 0.1) is 11.7 Å². The summed E-state index contributed by atoms with van der Waals surface area (Å²) in [6.07, 6.45) is 1.50. The molecule has 176 valence electrons. The fraction of sp³-hybridized carbons (Fsp3) is 0.455. The maximum atomic E-state index is 15.0. The molecule has 1 fully saturated rings. The van der Waals surface area contributed by atoms with Crippen LogP contribution in [0.15, 0.2) is 35.6 Å². The van der Waals surface area contributed by atoms with Gasteiger partial charge in [-0.25, -0.2) is 28.1 Å². The number of amidine groups is 1. The number of alkyl halides is 2. The van der Waals surface area contributed by atoms with Gasteiger partial charge in [0.05, 0.1) is 30.5 Å². The van der Waals surface area contributed by atoms with Gasteiger partial charge in [-0.1, -0.05) is 6.07 Å². The predicted molar refractivity (Wildman–Crippen MR) is 111 cm³/mol. The van der Waals surface area contributed by atoms with Gasteiger partial charge in [0.1, 0.15) is 29.8 Å².